The highest BCUT2D eigenvalue weighted by Crippen LogP contribution is 2.22. The highest BCUT2D eigenvalue weighted by atomic mass is 16.4. The maximum Gasteiger partial charge on any atom is 0.326 e. The number of amides is 6. The van der Waals surface area contributed by atoms with Gasteiger partial charge in [-0.2, -0.15) is 0 Å². The fraction of sp³-hybridized carbons (Fsp3) is 0.222. The van der Waals surface area contributed by atoms with Gasteiger partial charge < -0.3 is 37.0 Å². The van der Waals surface area contributed by atoms with Gasteiger partial charge in [-0.15, -0.1) is 0 Å². The van der Waals surface area contributed by atoms with Crippen LogP contribution in [0.5, 0.6) is 0 Å². The molecule has 352 valence electrons. The van der Waals surface area contributed by atoms with Crippen LogP contribution in [0.1, 0.15) is 53.1 Å². The number of aryl methyl sites for hydroxylation is 1. The van der Waals surface area contributed by atoms with Crippen LogP contribution >= 0.6 is 0 Å². The van der Waals surface area contributed by atoms with Gasteiger partial charge in [0, 0.05) is 50.2 Å². The van der Waals surface area contributed by atoms with Crippen LogP contribution < -0.4 is 31.9 Å². The third-order valence-corrected chi connectivity index (χ3v) is 11.7. The predicted molar refractivity (Wildman–Crippen MR) is 259 cm³/mol. The summed E-state index contributed by atoms with van der Waals surface area (Å²) in [5, 5.41) is 26.8. The van der Waals surface area contributed by atoms with E-state index >= 15 is 0 Å². The van der Waals surface area contributed by atoms with Gasteiger partial charge in [0.2, 0.25) is 35.4 Å². The number of hydrogen-bond donors (Lipinski definition) is 7. The monoisotopic (exact) mass is 927 g/mol. The summed E-state index contributed by atoms with van der Waals surface area (Å²) in [5.74, 6) is -5.41. The Bertz CT molecular complexity index is 2710. The van der Waals surface area contributed by atoms with Gasteiger partial charge in [0.05, 0.1) is 0 Å². The largest absolute Gasteiger partial charge is 0.480 e. The molecule has 5 atom stereocenters. The van der Waals surface area contributed by atoms with Crippen molar-refractivity contribution in [3.05, 3.63) is 192 Å². The molecular formula is C54H53N7O8. The molecule has 2 bridgehead atoms. The molecule has 1 aromatic heterocycles. The number of anilines is 1. The molecule has 6 aromatic rings. The summed E-state index contributed by atoms with van der Waals surface area (Å²) in [6.07, 6.45) is 2.93. The summed E-state index contributed by atoms with van der Waals surface area (Å²) in [5.41, 5.74) is 5.27. The molecule has 0 fully saturated rings. The molecule has 0 spiro atoms. The number of hydrogen-bond acceptors (Lipinski definition) is 8. The van der Waals surface area contributed by atoms with Gasteiger partial charge in [0.15, 0.2) is 0 Å². The van der Waals surface area contributed by atoms with Crippen LogP contribution in [0.3, 0.4) is 0 Å². The van der Waals surface area contributed by atoms with E-state index in [4.69, 9.17) is 0 Å². The average molecular weight is 928 g/mol. The van der Waals surface area contributed by atoms with Crippen LogP contribution in [0.4, 0.5) is 5.69 Å². The zero-order valence-electron chi connectivity index (χ0n) is 37.7. The molecule has 6 amide bonds. The Labute approximate surface area is 399 Å². The lowest BCUT2D eigenvalue weighted by Gasteiger charge is -2.27. The van der Waals surface area contributed by atoms with Crippen LogP contribution in [-0.4, -0.2) is 75.7 Å². The molecule has 3 heterocycles. The molecule has 2 aliphatic heterocycles. The molecule has 0 aliphatic carbocycles. The van der Waals surface area contributed by atoms with E-state index in [2.05, 4.69) is 36.9 Å². The predicted octanol–water partition coefficient (Wildman–Crippen LogP) is 5.02. The second-order valence-corrected chi connectivity index (χ2v) is 16.8. The number of aromatic nitrogens is 1. The molecule has 0 saturated carbocycles. The SMILES string of the molecule is O=C1CCC(=O)N[C@H](CCc2ccccc2)C(=O)N[C@@H](Cc2ccc(-c3ccccc3)cc2)C(=O)N[C@H](Cc2ccccc2)C(=O)NC(C(=O)N[C@@H](Cc2cccnc2)C(=O)O)c2ccc(cc2)N1. The zero-order chi connectivity index (χ0) is 48.5. The van der Waals surface area contributed by atoms with Crippen molar-refractivity contribution in [1.82, 2.24) is 31.6 Å². The van der Waals surface area contributed by atoms with E-state index in [0.717, 1.165) is 16.7 Å². The van der Waals surface area contributed by atoms with Gasteiger partial charge in [-0.05, 0) is 70.0 Å². The van der Waals surface area contributed by atoms with E-state index in [1.807, 2.05) is 84.9 Å². The lowest BCUT2D eigenvalue weighted by atomic mass is 9.98. The lowest BCUT2D eigenvalue weighted by molar-refractivity contribution is -0.142. The van der Waals surface area contributed by atoms with Gasteiger partial charge in [-0.25, -0.2) is 4.79 Å². The summed E-state index contributed by atoms with van der Waals surface area (Å²) in [6, 6.07) is 38.2. The number of fused-ring (bicyclic) bond motifs is 17. The van der Waals surface area contributed by atoms with Crippen LogP contribution in [0.25, 0.3) is 11.1 Å². The summed E-state index contributed by atoms with van der Waals surface area (Å²) in [6.45, 7) is 0. The van der Waals surface area contributed by atoms with Crippen molar-refractivity contribution < 1.29 is 38.7 Å². The number of benzene rings is 5. The van der Waals surface area contributed by atoms with Crippen molar-refractivity contribution in [2.24, 2.45) is 0 Å². The summed E-state index contributed by atoms with van der Waals surface area (Å²) < 4.78 is 0. The van der Waals surface area contributed by atoms with E-state index in [1.165, 1.54) is 36.7 Å². The van der Waals surface area contributed by atoms with Crippen LogP contribution in [0.2, 0.25) is 0 Å². The van der Waals surface area contributed by atoms with E-state index in [1.54, 1.807) is 42.5 Å². The van der Waals surface area contributed by atoms with E-state index < -0.39 is 71.6 Å². The van der Waals surface area contributed by atoms with Crippen LogP contribution in [0.15, 0.2) is 164 Å². The van der Waals surface area contributed by atoms with Crippen molar-refractivity contribution in [2.75, 3.05) is 5.32 Å². The van der Waals surface area contributed by atoms with Crippen LogP contribution in [0, 0.1) is 0 Å². The number of rotatable bonds is 13. The minimum Gasteiger partial charge on any atom is -0.480 e. The second kappa shape index (κ2) is 23.8. The van der Waals surface area contributed by atoms with Gasteiger partial charge in [-0.3, -0.25) is 33.8 Å². The maximum atomic E-state index is 14.8. The molecule has 0 saturated heterocycles. The Hall–Kier alpha value is -8.46. The molecule has 7 N–H and O–H groups in total. The molecule has 2 aliphatic rings. The normalized spacial score (nSPS) is 18.6. The van der Waals surface area contributed by atoms with Crippen molar-refractivity contribution in [1.29, 1.82) is 0 Å². The Morgan fingerprint density at radius 1 is 0.565 bits per heavy atom. The fourth-order valence-corrected chi connectivity index (χ4v) is 7.97. The minimum absolute atomic E-state index is 0.0171. The first-order valence-electron chi connectivity index (χ1n) is 22.7. The van der Waals surface area contributed by atoms with Crippen molar-refractivity contribution in [3.63, 3.8) is 0 Å². The molecule has 15 heteroatoms. The van der Waals surface area contributed by atoms with Gasteiger partial charge in [-0.1, -0.05) is 133 Å². The topological polar surface area (TPSA) is 225 Å². The molecule has 8 rings (SSSR count). The van der Waals surface area contributed by atoms with Crippen molar-refractivity contribution in [2.45, 2.75) is 75.2 Å². The second-order valence-electron chi connectivity index (χ2n) is 16.8. The lowest BCUT2D eigenvalue weighted by Crippen LogP contribution is -2.58. The summed E-state index contributed by atoms with van der Waals surface area (Å²) in [7, 11) is 0. The number of carboxylic acids is 1. The molecule has 1 unspecified atom stereocenters. The van der Waals surface area contributed by atoms with E-state index in [-0.39, 0.29) is 44.1 Å². The van der Waals surface area contributed by atoms with Gasteiger partial charge >= 0.3 is 5.97 Å². The minimum atomic E-state index is -1.49. The quantitative estimate of drug-likeness (QED) is 0.0772. The Kier molecular flexibility index (Phi) is 16.7. The average Bonchev–Trinajstić information content (AvgIpc) is 3.37. The third-order valence-electron chi connectivity index (χ3n) is 11.7. The number of carboxylic acid groups (broad SMARTS) is 1. The van der Waals surface area contributed by atoms with Gasteiger partial charge in [0.25, 0.3) is 0 Å². The summed E-state index contributed by atoms with van der Waals surface area (Å²) in [4.78, 5) is 101. The molecule has 5 aromatic carbocycles. The molecular weight excluding hydrogens is 875 g/mol. The molecule has 15 nitrogen and oxygen atoms in total. The number of pyridine rings is 1. The standard InChI is InChI=1S/C54H53N7O8/c62-47-28-29-48(63)57-43(27-20-35-11-4-1-5-12-35)50(64)58-44(32-37-18-21-40(22-19-37)39-16-8-3-9-17-39)51(65)59-45(31-36-13-6-2-7-14-36)52(66)61-49(41-23-25-42(56-47)26-24-41)53(67)60-46(54(68)69)33-38-15-10-30-55-34-38/h1-19,21-26,30,34,43-46,49H,20,27-29,31-33H2,(H,56,62)(H,57,63)(H,58,64)(H,59,65)(H,60,67)(H,61,66)(H,68,69)/t43-,44+,45-,46+,49?/m1/s1. The van der Waals surface area contributed by atoms with Gasteiger partial charge in [0.1, 0.15) is 30.2 Å². The smallest absolute Gasteiger partial charge is 0.326 e. The van der Waals surface area contributed by atoms with E-state index in [9.17, 15) is 38.7 Å². The number of carbonyl (C=O) groups excluding carboxylic acids is 6. The van der Waals surface area contributed by atoms with Crippen LogP contribution in [-0.2, 0) is 59.2 Å². The molecule has 69 heavy (non-hydrogen) atoms. The number of nitrogens with zero attached hydrogens (tertiary/aromatic N) is 1. The number of carbonyl (C=O) groups is 7. The Balaban J connectivity index is 1.24. The molecule has 0 radical (unpaired) electrons. The fourth-order valence-electron chi connectivity index (χ4n) is 7.97. The first kappa shape index (κ1) is 48.5. The maximum absolute atomic E-state index is 14.8. The Morgan fingerprint density at radius 3 is 1.71 bits per heavy atom. The highest BCUT2D eigenvalue weighted by molar-refractivity contribution is 5.98. The van der Waals surface area contributed by atoms with E-state index in [0.29, 0.717) is 28.8 Å². The number of nitrogens with one attached hydrogen (secondary N) is 6. The first-order chi connectivity index (χ1) is 33.5. The number of aliphatic carboxylic acids is 1. The van der Waals surface area contributed by atoms with Crippen molar-refractivity contribution in [3.8, 4) is 11.1 Å². The third kappa shape index (κ3) is 14.3. The zero-order valence-corrected chi connectivity index (χ0v) is 37.7. The van der Waals surface area contributed by atoms with Crippen molar-refractivity contribution >= 4 is 47.1 Å². The Morgan fingerprint density at radius 2 is 1.10 bits per heavy atom. The summed E-state index contributed by atoms with van der Waals surface area (Å²) >= 11 is 0. The highest BCUT2D eigenvalue weighted by Gasteiger charge is 2.34. The first-order valence-corrected chi connectivity index (χ1v) is 22.7.